The molecule has 2 unspecified atom stereocenters. The number of amides is 1. The van der Waals surface area contributed by atoms with Gasteiger partial charge < -0.3 is 9.64 Å². The van der Waals surface area contributed by atoms with E-state index < -0.39 is 0 Å². The van der Waals surface area contributed by atoms with Crippen LogP contribution in [0.1, 0.15) is 71.6 Å². The second kappa shape index (κ2) is 5.57. The minimum absolute atomic E-state index is 0.0185. The van der Waals surface area contributed by atoms with Crippen LogP contribution in [-0.2, 0) is 4.74 Å². The van der Waals surface area contributed by atoms with Gasteiger partial charge in [-0.25, -0.2) is 4.79 Å². The van der Waals surface area contributed by atoms with Crippen molar-refractivity contribution in [1.82, 2.24) is 4.90 Å². The number of nitrogens with zero attached hydrogens (tertiary/aromatic N) is 1. The van der Waals surface area contributed by atoms with Gasteiger partial charge in [-0.3, -0.25) is 0 Å². The van der Waals surface area contributed by atoms with E-state index in [4.69, 9.17) is 4.74 Å². The lowest BCUT2D eigenvalue weighted by atomic mass is 9.85. The number of fused-ring (bicyclic) bond motifs is 1. The van der Waals surface area contributed by atoms with E-state index in [0.717, 1.165) is 25.3 Å². The molecule has 3 nitrogen and oxygen atoms in total. The van der Waals surface area contributed by atoms with Crippen molar-refractivity contribution in [2.75, 3.05) is 6.54 Å². The molecule has 3 aliphatic rings. The summed E-state index contributed by atoms with van der Waals surface area (Å²) in [5.41, 5.74) is -0.177. The topological polar surface area (TPSA) is 29.5 Å². The van der Waals surface area contributed by atoms with Gasteiger partial charge in [-0.1, -0.05) is 26.7 Å². The van der Waals surface area contributed by atoms with Crippen molar-refractivity contribution in [2.24, 2.45) is 11.8 Å². The molecular weight excluding hydrogens is 250 g/mol. The van der Waals surface area contributed by atoms with Crippen molar-refractivity contribution >= 4 is 6.09 Å². The second-order valence-electron chi connectivity index (χ2n) is 7.39. The zero-order valence-electron chi connectivity index (χ0n) is 13.1. The molecule has 0 aromatic heterocycles. The Morgan fingerprint density at radius 3 is 2.50 bits per heavy atom. The van der Waals surface area contributed by atoms with E-state index in [1.807, 2.05) is 0 Å². The van der Waals surface area contributed by atoms with Crippen LogP contribution in [0.15, 0.2) is 0 Å². The Balaban J connectivity index is 1.66. The molecule has 2 saturated carbocycles. The molecule has 3 heteroatoms. The van der Waals surface area contributed by atoms with Crippen LogP contribution in [-0.4, -0.2) is 29.2 Å². The van der Waals surface area contributed by atoms with E-state index >= 15 is 0 Å². The molecule has 1 amide bonds. The fraction of sp³-hybridized carbons (Fsp3) is 0.941. The minimum atomic E-state index is -0.177. The van der Waals surface area contributed by atoms with Crippen molar-refractivity contribution in [1.29, 1.82) is 0 Å². The average molecular weight is 279 g/mol. The first-order valence-corrected chi connectivity index (χ1v) is 8.62. The van der Waals surface area contributed by atoms with Crippen molar-refractivity contribution in [3.8, 4) is 0 Å². The minimum Gasteiger partial charge on any atom is -0.443 e. The number of carbonyl (C=O) groups is 1. The smallest absolute Gasteiger partial charge is 0.410 e. The summed E-state index contributed by atoms with van der Waals surface area (Å²) in [6.45, 7) is 5.32. The number of likely N-dealkylation sites (tertiary alicyclic amines) is 1. The van der Waals surface area contributed by atoms with E-state index in [1.165, 1.54) is 44.9 Å². The SMILES string of the molecule is CC(C)C1(OC(=O)N2CCC3CCCCC32)CCCC1. The summed E-state index contributed by atoms with van der Waals surface area (Å²) in [5.74, 6) is 1.17. The lowest BCUT2D eigenvalue weighted by Gasteiger charge is -2.37. The number of carbonyl (C=O) groups excluding carboxylic acids is 1. The molecule has 1 aliphatic heterocycles. The lowest BCUT2D eigenvalue weighted by molar-refractivity contribution is -0.0394. The maximum Gasteiger partial charge on any atom is 0.410 e. The molecule has 0 bridgehead atoms. The summed E-state index contributed by atoms with van der Waals surface area (Å²) in [7, 11) is 0. The second-order valence-corrected chi connectivity index (χ2v) is 7.39. The fourth-order valence-corrected chi connectivity index (χ4v) is 4.64. The summed E-state index contributed by atoms with van der Waals surface area (Å²) >= 11 is 0. The third kappa shape index (κ3) is 2.44. The number of hydrogen-bond donors (Lipinski definition) is 0. The molecule has 1 saturated heterocycles. The van der Waals surface area contributed by atoms with Gasteiger partial charge in [-0.15, -0.1) is 0 Å². The maximum atomic E-state index is 12.7. The highest BCUT2D eigenvalue weighted by atomic mass is 16.6. The Labute approximate surface area is 123 Å². The van der Waals surface area contributed by atoms with Crippen LogP contribution < -0.4 is 0 Å². The third-order valence-electron chi connectivity index (χ3n) is 6.04. The van der Waals surface area contributed by atoms with Crippen molar-refractivity contribution in [3.63, 3.8) is 0 Å². The Bertz CT molecular complexity index is 360. The molecule has 1 heterocycles. The van der Waals surface area contributed by atoms with Gasteiger partial charge in [0, 0.05) is 12.6 Å². The van der Waals surface area contributed by atoms with E-state index in [0.29, 0.717) is 12.0 Å². The first-order chi connectivity index (χ1) is 9.62. The lowest BCUT2D eigenvalue weighted by Crippen LogP contribution is -2.46. The molecule has 0 aromatic rings. The van der Waals surface area contributed by atoms with E-state index in [-0.39, 0.29) is 11.7 Å². The van der Waals surface area contributed by atoms with E-state index in [9.17, 15) is 4.79 Å². The highest BCUT2D eigenvalue weighted by Gasteiger charge is 2.45. The molecule has 2 aliphatic carbocycles. The monoisotopic (exact) mass is 279 g/mol. The largest absolute Gasteiger partial charge is 0.443 e. The number of hydrogen-bond acceptors (Lipinski definition) is 2. The van der Waals surface area contributed by atoms with Crippen LogP contribution in [0.3, 0.4) is 0 Å². The maximum absolute atomic E-state index is 12.7. The van der Waals surface area contributed by atoms with Gasteiger partial charge in [-0.2, -0.15) is 0 Å². The van der Waals surface area contributed by atoms with Crippen molar-refractivity contribution < 1.29 is 9.53 Å². The summed E-state index contributed by atoms with van der Waals surface area (Å²) in [6, 6.07) is 0.474. The number of rotatable bonds is 2. The molecule has 0 radical (unpaired) electrons. The molecule has 0 spiro atoms. The predicted octanol–water partition coefficient (Wildman–Crippen LogP) is 4.36. The molecular formula is C17H29NO2. The summed E-state index contributed by atoms with van der Waals surface area (Å²) in [4.78, 5) is 14.7. The van der Waals surface area contributed by atoms with Crippen LogP contribution in [0.2, 0.25) is 0 Å². The van der Waals surface area contributed by atoms with Gasteiger partial charge in [-0.05, 0) is 56.8 Å². The zero-order valence-corrected chi connectivity index (χ0v) is 13.1. The molecule has 3 rings (SSSR count). The van der Waals surface area contributed by atoms with Crippen molar-refractivity contribution in [2.45, 2.75) is 83.3 Å². The highest BCUT2D eigenvalue weighted by Crippen LogP contribution is 2.41. The molecule has 3 fully saturated rings. The van der Waals surface area contributed by atoms with Crippen LogP contribution >= 0.6 is 0 Å². The highest BCUT2D eigenvalue weighted by molar-refractivity contribution is 5.69. The Kier molecular flexibility index (Phi) is 3.96. The Morgan fingerprint density at radius 2 is 1.80 bits per heavy atom. The first-order valence-electron chi connectivity index (χ1n) is 8.62. The molecule has 0 N–H and O–H groups in total. The normalized spacial score (nSPS) is 32.5. The zero-order chi connectivity index (χ0) is 14.2. The number of ether oxygens (including phenoxy) is 1. The standard InChI is InChI=1S/C17H29NO2/c1-13(2)17(10-5-6-11-17)20-16(19)18-12-9-14-7-3-4-8-15(14)18/h13-15H,3-12H2,1-2H3. The van der Waals surface area contributed by atoms with Gasteiger partial charge >= 0.3 is 6.09 Å². The van der Waals surface area contributed by atoms with Crippen LogP contribution in [0.4, 0.5) is 4.79 Å². The third-order valence-corrected chi connectivity index (χ3v) is 6.04. The molecule has 2 atom stereocenters. The summed E-state index contributed by atoms with van der Waals surface area (Å²) < 4.78 is 6.08. The molecule has 20 heavy (non-hydrogen) atoms. The predicted molar refractivity (Wildman–Crippen MR) is 79.6 cm³/mol. The van der Waals surface area contributed by atoms with E-state index in [2.05, 4.69) is 18.7 Å². The van der Waals surface area contributed by atoms with Gasteiger partial charge in [0.1, 0.15) is 5.60 Å². The van der Waals surface area contributed by atoms with Crippen LogP contribution in [0.25, 0.3) is 0 Å². The van der Waals surface area contributed by atoms with Crippen LogP contribution in [0, 0.1) is 11.8 Å². The van der Waals surface area contributed by atoms with Gasteiger partial charge in [0.15, 0.2) is 0 Å². The van der Waals surface area contributed by atoms with Crippen LogP contribution in [0.5, 0.6) is 0 Å². The average Bonchev–Trinajstić information content (AvgIpc) is 3.05. The summed E-state index contributed by atoms with van der Waals surface area (Å²) in [5, 5.41) is 0. The fourth-order valence-electron chi connectivity index (χ4n) is 4.64. The Morgan fingerprint density at radius 1 is 1.10 bits per heavy atom. The van der Waals surface area contributed by atoms with Gasteiger partial charge in [0.05, 0.1) is 0 Å². The van der Waals surface area contributed by atoms with E-state index in [1.54, 1.807) is 0 Å². The Hall–Kier alpha value is -0.730. The van der Waals surface area contributed by atoms with Gasteiger partial charge in [0.25, 0.3) is 0 Å². The quantitative estimate of drug-likeness (QED) is 0.751. The molecule has 0 aromatic carbocycles. The van der Waals surface area contributed by atoms with Crippen molar-refractivity contribution in [3.05, 3.63) is 0 Å². The summed E-state index contributed by atoms with van der Waals surface area (Å²) in [6.07, 6.45) is 10.8. The first kappa shape index (κ1) is 14.2. The molecule has 114 valence electrons. The van der Waals surface area contributed by atoms with Gasteiger partial charge in [0.2, 0.25) is 0 Å².